The smallest absolute Gasteiger partial charge is 0.254 e. The van der Waals surface area contributed by atoms with Crippen molar-refractivity contribution in [1.82, 2.24) is 5.32 Å². The lowest BCUT2D eigenvalue weighted by atomic mass is 10.1. The molecular weight excluding hydrogens is 221 g/mol. The SMILES string of the molecule is Cc1ccc(C(=O)NCCCCCO)c(F)c1. The van der Waals surface area contributed by atoms with Crippen molar-refractivity contribution in [3.05, 3.63) is 35.1 Å². The van der Waals surface area contributed by atoms with Gasteiger partial charge in [0.2, 0.25) is 0 Å². The standard InChI is InChI=1S/C13H18FNO2/c1-10-5-6-11(12(14)9-10)13(17)15-7-3-2-4-8-16/h5-6,9,16H,2-4,7-8H2,1H3,(H,15,17). The van der Waals surface area contributed by atoms with Crippen molar-refractivity contribution in [1.29, 1.82) is 0 Å². The van der Waals surface area contributed by atoms with Crippen LogP contribution in [0, 0.1) is 12.7 Å². The van der Waals surface area contributed by atoms with Crippen molar-refractivity contribution < 1.29 is 14.3 Å². The Labute approximate surface area is 101 Å². The molecule has 94 valence electrons. The minimum atomic E-state index is -0.488. The van der Waals surface area contributed by atoms with E-state index in [1.165, 1.54) is 12.1 Å². The van der Waals surface area contributed by atoms with Crippen LogP contribution in [0.1, 0.15) is 35.2 Å². The third kappa shape index (κ3) is 4.53. The Balaban J connectivity index is 2.42. The van der Waals surface area contributed by atoms with Crippen LogP contribution in [0.25, 0.3) is 0 Å². The van der Waals surface area contributed by atoms with E-state index in [0.29, 0.717) is 6.54 Å². The van der Waals surface area contributed by atoms with Crippen molar-refractivity contribution in [3.63, 3.8) is 0 Å². The van der Waals surface area contributed by atoms with Crippen LogP contribution in [0.3, 0.4) is 0 Å². The number of aliphatic hydroxyl groups excluding tert-OH is 1. The summed E-state index contributed by atoms with van der Waals surface area (Å²) in [5.41, 5.74) is 0.875. The number of aryl methyl sites for hydroxylation is 1. The molecule has 1 amide bonds. The normalized spacial score (nSPS) is 10.3. The Kier molecular flexibility index (Phi) is 5.63. The second-order valence-corrected chi connectivity index (χ2v) is 4.02. The second-order valence-electron chi connectivity index (χ2n) is 4.02. The van der Waals surface area contributed by atoms with E-state index in [2.05, 4.69) is 5.32 Å². The molecule has 0 aliphatic rings. The summed E-state index contributed by atoms with van der Waals surface area (Å²) < 4.78 is 13.4. The molecule has 1 aromatic carbocycles. The Bertz CT molecular complexity index is 380. The summed E-state index contributed by atoms with van der Waals surface area (Å²) in [6.07, 6.45) is 2.38. The number of halogens is 1. The molecule has 1 rings (SSSR count). The van der Waals surface area contributed by atoms with E-state index >= 15 is 0 Å². The summed E-state index contributed by atoms with van der Waals surface area (Å²) >= 11 is 0. The highest BCUT2D eigenvalue weighted by atomic mass is 19.1. The first kappa shape index (κ1) is 13.6. The minimum absolute atomic E-state index is 0.0813. The Hall–Kier alpha value is -1.42. The molecule has 0 aliphatic heterocycles. The maximum Gasteiger partial charge on any atom is 0.254 e. The fourth-order valence-electron chi connectivity index (χ4n) is 1.52. The molecule has 0 bridgehead atoms. The van der Waals surface area contributed by atoms with Crippen molar-refractivity contribution in [2.75, 3.05) is 13.2 Å². The number of benzene rings is 1. The Morgan fingerprint density at radius 3 is 2.76 bits per heavy atom. The van der Waals surface area contributed by atoms with Gasteiger partial charge in [-0.2, -0.15) is 0 Å². The molecule has 0 unspecified atom stereocenters. The van der Waals surface area contributed by atoms with Crippen LogP contribution in [0.5, 0.6) is 0 Å². The molecule has 0 saturated carbocycles. The van der Waals surface area contributed by atoms with E-state index in [1.54, 1.807) is 13.0 Å². The molecule has 0 radical (unpaired) electrons. The molecule has 0 aromatic heterocycles. The summed E-state index contributed by atoms with van der Waals surface area (Å²) in [5.74, 6) is -0.871. The van der Waals surface area contributed by atoms with Gasteiger partial charge < -0.3 is 10.4 Å². The van der Waals surface area contributed by atoms with Crippen molar-refractivity contribution in [3.8, 4) is 0 Å². The molecule has 0 fully saturated rings. The van der Waals surface area contributed by atoms with Crippen LogP contribution < -0.4 is 5.32 Å². The van der Waals surface area contributed by atoms with Crippen LogP contribution >= 0.6 is 0 Å². The summed E-state index contributed by atoms with van der Waals surface area (Å²) in [6.45, 7) is 2.45. The number of unbranched alkanes of at least 4 members (excludes halogenated alkanes) is 2. The van der Waals surface area contributed by atoms with Gasteiger partial charge in [-0.1, -0.05) is 6.07 Å². The van der Waals surface area contributed by atoms with Gasteiger partial charge in [0.15, 0.2) is 0 Å². The highest BCUT2D eigenvalue weighted by Gasteiger charge is 2.10. The van der Waals surface area contributed by atoms with E-state index in [-0.39, 0.29) is 18.1 Å². The average molecular weight is 239 g/mol. The minimum Gasteiger partial charge on any atom is -0.396 e. The number of rotatable bonds is 6. The van der Waals surface area contributed by atoms with Crippen LogP contribution in [0.2, 0.25) is 0 Å². The summed E-state index contributed by atoms with van der Waals surface area (Å²) in [6, 6.07) is 4.55. The number of amides is 1. The number of carbonyl (C=O) groups is 1. The summed E-state index contributed by atoms with van der Waals surface area (Å²) in [4.78, 5) is 11.6. The van der Waals surface area contributed by atoms with E-state index in [9.17, 15) is 9.18 Å². The van der Waals surface area contributed by atoms with Gasteiger partial charge in [-0.05, 0) is 43.9 Å². The average Bonchev–Trinajstić information content (AvgIpc) is 2.28. The first-order valence-corrected chi connectivity index (χ1v) is 5.80. The predicted molar refractivity (Wildman–Crippen MR) is 64.4 cm³/mol. The molecule has 0 atom stereocenters. The van der Waals surface area contributed by atoms with E-state index in [0.717, 1.165) is 24.8 Å². The lowest BCUT2D eigenvalue weighted by molar-refractivity contribution is 0.0949. The van der Waals surface area contributed by atoms with Crippen LogP contribution in [-0.2, 0) is 0 Å². The number of nitrogens with one attached hydrogen (secondary N) is 1. The fraction of sp³-hybridized carbons (Fsp3) is 0.462. The molecule has 17 heavy (non-hydrogen) atoms. The van der Waals surface area contributed by atoms with Gasteiger partial charge in [0, 0.05) is 13.2 Å². The van der Waals surface area contributed by atoms with Gasteiger partial charge in [0.05, 0.1) is 5.56 Å². The molecule has 0 heterocycles. The van der Waals surface area contributed by atoms with E-state index in [4.69, 9.17) is 5.11 Å². The largest absolute Gasteiger partial charge is 0.396 e. The monoisotopic (exact) mass is 239 g/mol. The lowest BCUT2D eigenvalue weighted by Crippen LogP contribution is -2.25. The number of hydrogen-bond acceptors (Lipinski definition) is 2. The van der Waals surface area contributed by atoms with Crippen molar-refractivity contribution in [2.45, 2.75) is 26.2 Å². The van der Waals surface area contributed by atoms with Crippen LogP contribution in [0.4, 0.5) is 4.39 Å². The predicted octanol–water partition coefficient (Wildman–Crippen LogP) is 2.03. The zero-order chi connectivity index (χ0) is 12.7. The molecule has 3 nitrogen and oxygen atoms in total. The van der Waals surface area contributed by atoms with Gasteiger partial charge >= 0.3 is 0 Å². The van der Waals surface area contributed by atoms with Gasteiger partial charge in [0.1, 0.15) is 5.82 Å². The van der Waals surface area contributed by atoms with Gasteiger partial charge in [-0.25, -0.2) is 4.39 Å². The van der Waals surface area contributed by atoms with Crippen LogP contribution in [-0.4, -0.2) is 24.2 Å². The lowest BCUT2D eigenvalue weighted by Gasteiger charge is -2.06. The summed E-state index contributed by atoms with van der Waals surface area (Å²) in [7, 11) is 0. The number of hydrogen-bond donors (Lipinski definition) is 2. The second kappa shape index (κ2) is 7.01. The molecule has 0 saturated heterocycles. The third-order valence-corrected chi connectivity index (χ3v) is 2.49. The quantitative estimate of drug-likeness (QED) is 0.746. The molecule has 0 spiro atoms. The maximum atomic E-state index is 13.4. The molecule has 0 aliphatic carbocycles. The number of aliphatic hydroxyl groups is 1. The van der Waals surface area contributed by atoms with E-state index < -0.39 is 5.82 Å². The van der Waals surface area contributed by atoms with Crippen LogP contribution in [0.15, 0.2) is 18.2 Å². The Morgan fingerprint density at radius 1 is 1.35 bits per heavy atom. The maximum absolute atomic E-state index is 13.4. The molecular formula is C13H18FNO2. The topological polar surface area (TPSA) is 49.3 Å². The van der Waals surface area contributed by atoms with Gasteiger partial charge in [0.25, 0.3) is 5.91 Å². The zero-order valence-electron chi connectivity index (χ0n) is 10.0. The molecule has 4 heteroatoms. The van der Waals surface area contributed by atoms with Crippen molar-refractivity contribution >= 4 is 5.91 Å². The first-order valence-electron chi connectivity index (χ1n) is 5.80. The number of carbonyl (C=O) groups excluding carboxylic acids is 1. The fourth-order valence-corrected chi connectivity index (χ4v) is 1.52. The summed E-state index contributed by atoms with van der Waals surface area (Å²) in [5, 5.41) is 11.2. The Morgan fingerprint density at radius 2 is 2.12 bits per heavy atom. The highest BCUT2D eigenvalue weighted by Crippen LogP contribution is 2.09. The molecule has 2 N–H and O–H groups in total. The highest BCUT2D eigenvalue weighted by molar-refractivity contribution is 5.94. The third-order valence-electron chi connectivity index (χ3n) is 2.49. The van der Waals surface area contributed by atoms with E-state index in [1.807, 2.05) is 0 Å². The first-order chi connectivity index (χ1) is 8.15. The molecule has 1 aromatic rings. The van der Waals surface area contributed by atoms with Gasteiger partial charge in [-0.15, -0.1) is 0 Å². The zero-order valence-corrected chi connectivity index (χ0v) is 10.0. The van der Waals surface area contributed by atoms with Crippen molar-refractivity contribution in [2.24, 2.45) is 0 Å². The van der Waals surface area contributed by atoms with Gasteiger partial charge in [-0.3, -0.25) is 4.79 Å².